The predicted octanol–water partition coefficient (Wildman–Crippen LogP) is 2.04. The number of hydrogen-bond acceptors (Lipinski definition) is 3. The first kappa shape index (κ1) is 18.0. The van der Waals surface area contributed by atoms with E-state index in [1.54, 1.807) is 6.08 Å². The molecule has 0 radical (unpaired) electrons. The van der Waals surface area contributed by atoms with E-state index in [2.05, 4.69) is 4.90 Å². The van der Waals surface area contributed by atoms with E-state index in [1.807, 2.05) is 41.3 Å². The smallest absolute Gasteiger partial charge is 0.246 e. The molecule has 0 aromatic heterocycles. The molecule has 1 unspecified atom stereocenters. The highest BCUT2D eigenvalue weighted by molar-refractivity contribution is 5.91. The molecule has 1 amide bonds. The molecule has 0 spiro atoms. The molecule has 1 N–H and O–H groups in total. The molecule has 2 fully saturated rings. The number of β-amino-alcohol motifs (C(OH)–C–C–N with tert-alkyl or cyclic N) is 1. The summed E-state index contributed by atoms with van der Waals surface area (Å²) >= 11 is 0. The quantitative estimate of drug-likeness (QED) is 0.837. The van der Waals surface area contributed by atoms with E-state index in [4.69, 9.17) is 0 Å². The van der Waals surface area contributed by atoms with Crippen LogP contribution in [-0.2, 0) is 4.79 Å². The Labute approximate surface area is 144 Å². The normalized spacial score (nSPS) is 20.3. The van der Waals surface area contributed by atoms with Gasteiger partial charge in [-0.25, -0.2) is 0 Å². The molecule has 5 heteroatoms. The Hall–Kier alpha value is -1.36. The number of rotatable bonds is 5. The lowest BCUT2D eigenvalue weighted by atomic mass is 10.2. The Morgan fingerprint density at radius 2 is 1.83 bits per heavy atom. The first-order valence-corrected chi connectivity index (χ1v) is 8.15. The molecule has 2 aliphatic rings. The number of nitrogens with zero attached hydrogens (tertiary/aromatic N) is 2. The summed E-state index contributed by atoms with van der Waals surface area (Å²) in [6.07, 6.45) is 5.68. The topological polar surface area (TPSA) is 43.8 Å². The number of hydrogen-bond donors (Lipinski definition) is 1. The van der Waals surface area contributed by atoms with Crippen molar-refractivity contribution in [3.8, 4) is 0 Å². The summed E-state index contributed by atoms with van der Waals surface area (Å²) in [7, 11) is 0. The van der Waals surface area contributed by atoms with Crippen molar-refractivity contribution >= 4 is 24.4 Å². The van der Waals surface area contributed by atoms with Gasteiger partial charge in [0, 0.05) is 38.8 Å². The van der Waals surface area contributed by atoms with Gasteiger partial charge in [0.25, 0.3) is 0 Å². The summed E-state index contributed by atoms with van der Waals surface area (Å²) in [6.45, 7) is 3.96. The summed E-state index contributed by atoms with van der Waals surface area (Å²) in [5.41, 5.74) is 1.04. The van der Waals surface area contributed by atoms with Gasteiger partial charge in [-0.1, -0.05) is 30.3 Å². The summed E-state index contributed by atoms with van der Waals surface area (Å²) in [4.78, 5) is 16.3. The van der Waals surface area contributed by atoms with Gasteiger partial charge in [-0.15, -0.1) is 12.4 Å². The molecule has 1 aliphatic carbocycles. The average molecular weight is 337 g/mol. The van der Waals surface area contributed by atoms with Gasteiger partial charge in [-0.2, -0.15) is 0 Å². The second-order valence-corrected chi connectivity index (χ2v) is 6.27. The van der Waals surface area contributed by atoms with Gasteiger partial charge >= 0.3 is 0 Å². The van der Waals surface area contributed by atoms with E-state index in [-0.39, 0.29) is 24.4 Å². The average Bonchev–Trinajstić information content (AvgIpc) is 3.39. The summed E-state index contributed by atoms with van der Waals surface area (Å²) in [5, 5.41) is 9.99. The van der Waals surface area contributed by atoms with Crippen LogP contribution in [0.2, 0.25) is 0 Å². The molecule has 4 nitrogen and oxygen atoms in total. The second-order valence-electron chi connectivity index (χ2n) is 6.27. The Kier molecular flexibility index (Phi) is 6.63. The Morgan fingerprint density at radius 3 is 2.43 bits per heavy atom. The number of amides is 1. The molecular weight excluding hydrogens is 312 g/mol. The van der Waals surface area contributed by atoms with Crippen molar-refractivity contribution in [2.75, 3.05) is 32.7 Å². The van der Waals surface area contributed by atoms with Crippen LogP contribution in [-0.4, -0.2) is 59.6 Å². The van der Waals surface area contributed by atoms with Crippen LogP contribution in [0.4, 0.5) is 0 Å². The summed E-state index contributed by atoms with van der Waals surface area (Å²) < 4.78 is 0. The van der Waals surface area contributed by atoms with E-state index in [0.717, 1.165) is 38.3 Å². The molecule has 1 aliphatic heterocycles. The largest absolute Gasteiger partial charge is 0.392 e. The molecule has 1 atom stereocenters. The van der Waals surface area contributed by atoms with Crippen LogP contribution in [0.1, 0.15) is 18.4 Å². The molecule has 1 aromatic carbocycles. The molecule has 23 heavy (non-hydrogen) atoms. The number of halogens is 1. The minimum atomic E-state index is -0.180. The van der Waals surface area contributed by atoms with Crippen LogP contribution in [0.25, 0.3) is 6.08 Å². The molecular formula is C18H25ClN2O2. The maximum atomic E-state index is 12.2. The Morgan fingerprint density at radius 1 is 1.17 bits per heavy atom. The molecule has 0 bridgehead atoms. The van der Waals surface area contributed by atoms with Crippen LogP contribution in [0, 0.1) is 5.92 Å². The van der Waals surface area contributed by atoms with Crippen LogP contribution < -0.4 is 0 Å². The zero-order chi connectivity index (χ0) is 15.4. The highest BCUT2D eigenvalue weighted by Crippen LogP contribution is 2.32. The predicted molar refractivity (Wildman–Crippen MR) is 94.5 cm³/mol. The number of benzene rings is 1. The fourth-order valence-electron chi connectivity index (χ4n) is 2.88. The van der Waals surface area contributed by atoms with E-state index in [9.17, 15) is 9.90 Å². The number of piperazine rings is 1. The minimum Gasteiger partial charge on any atom is -0.392 e. The lowest BCUT2D eigenvalue weighted by Crippen LogP contribution is -2.50. The van der Waals surface area contributed by atoms with Gasteiger partial charge in [0.05, 0.1) is 6.10 Å². The van der Waals surface area contributed by atoms with Crippen molar-refractivity contribution in [3.63, 3.8) is 0 Å². The lowest BCUT2D eigenvalue weighted by Gasteiger charge is -2.35. The van der Waals surface area contributed by atoms with Crippen molar-refractivity contribution < 1.29 is 9.90 Å². The standard InChI is InChI=1S/C18H24N2O2.ClH/c21-17(16-7-8-16)14-19-10-12-20(13-11-19)18(22)9-6-15-4-2-1-3-5-15;/h1-6,9,16-17,21H,7-8,10-14H2;1H. The minimum absolute atomic E-state index is 0. The van der Waals surface area contributed by atoms with Crippen LogP contribution in [0.5, 0.6) is 0 Å². The molecule has 1 heterocycles. The maximum absolute atomic E-state index is 12.2. The second kappa shape index (κ2) is 8.48. The lowest BCUT2D eigenvalue weighted by molar-refractivity contribution is -0.127. The van der Waals surface area contributed by atoms with Crippen molar-refractivity contribution in [1.82, 2.24) is 9.80 Å². The molecule has 1 aromatic rings. The van der Waals surface area contributed by atoms with Crippen LogP contribution in [0.15, 0.2) is 36.4 Å². The first-order valence-electron chi connectivity index (χ1n) is 8.15. The van der Waals surface area contributed by atoms with Crippen molar-refractivity contribution in [1.29, 1.82) is 0 Å². The van der Waals surface area contributed by atoms with Crippen LogP contribution in [0.3, 0.4) is 0 Å². The van der Waals surface area contributed by atoms with Gasteiger partial charge in [0.15, 0.2) is 0 Å². The van der Waals surface area contributed by atoms with Gasteiger partial charge < -0.3 is 10.0 Å². The third-order valence-corrected chi connectivity index (χ3v) is 4.51. The molecule has 3 rings (SSSR count). The number of aliphatic hydroxyl groups excluding tert-OH is 1. The fourth-order valence-corrected chi connectivity index (χ4v) is 2.88. The van der Waals surface area contributed by atoms with Crippen molar-refractivity contribution in [2.24, 2.45) is 5.92 Å². The third-order valence-electron chi connectivity index (χ3n) is 4.51. The van der Waals surface area contributed by atoms with Crippen molar-refractivity contribution in [2.45, 2.75) is 18.9 Å². The summed E-state index contributed by atoms with van der Waals surface area (Å²) in [5.74, 6) is 0.597. The van der Waals surface area contributed by atoms with E-state index in [0.29, 0.717) is 5.92 Å². The van der Waals surface area contributed by atoms with Gasteiger partial charge in [0.1, 0.15) is 0 Å². The number of aliphatic hydroxyl groups is 1. The first-order chi connectivity index (χ1) is 10.7. The van der Waals surface area contributed by atoms with Gasteiger partial charge in [-0.05, 0) is 30.4 Å². The summed E-state index contributed by atoms with van der Waals surface area (Å²) in [6, 6.07) is 9.87. The zero-order valence-electron chi connectivity index (χ0n) is 13.3. The van der Waals surface area contributed by atoms with Crippen molar-refractivity contribution in [3.05, 3.63) is 42.0 Å². The molecule has 1 saturated heterocycles. The SMILES string of the molecule is Cl.O=C(C=Cc1ccccc1)N1CCN(CC(O)C2CC2)CC1. The third kappa shape index (κ3) is 5.34. The van der Waals surface area contributed by atoms with E-state index < -0.39 is 0 Å². The number of carbonyl (C=O) groups excluding carboxylic acids is 1. The van der Waals surface area contributed by atoms with E-state index in [1.165, 1.54) is 12.8 Å². The Balaban J connectivity index is 0.00000192. The monoisotopic (exact) mass is 336 g/mol. The number of carbonyl (C=O) groups is 1. The Bertz CT molecular complexity index is 523. The van der Waals surface area contributed by atoms with Gasteiger partial charge in [-0.3, -0.25) is 9.69 Å². The molecule has 126 valence electrons. The van der Waals surface area contributed by atoms with Crippen LogP contribution >= 0.6 is 12.4 Å². The van der Waals surface area contributed by atoms with Gasteiger partial charge in [0.2, 0.25) is 5.91 Å². The highest BCUT2D eigenvalue weighted by atomic mass is 35.5. The fraction of sp³-hybridized carbons (Fsp3) is 0.500. The maximum Gasteiger partial charge on any atom is 0.246 e. The molecule has 1 saturated carbocycles. The van der Waals surface area contributed by atoms with E-state index >= 15 is 0 Å². The zero-order valence-corrected chi connectivity index (χ0v) is 14.1. The highest BCUT2D eigenvalue weighted by Gasteiger charge is 2.31.